The van der Waals surface area contributed by atoms with Crippen LogP contribution in [0.4, 0.5) is 15.9 Å². The molecule has 0 aliphatic heterocycles. The van der Waals surface area contributed by atoms with Gasteiger partial charge in [-0.15, -0.1) is 0 Å². The third-order valence-corrected chi connectivity index (χ3v) is 3.85. The first-order valence-electron chi connectivity index (χ1n) is 7.79. The van der Waals surface area contributed by atoms with Gasteiger partial charge in [0.05, 0.1) is 16.8 Å². The number of anilines is 2. The minimum absolute atomic E-state index is 0.317. The number of fused-ring (bicyclic) bond motifs is 1. The highest BCUT2D eigenvalue weighted by molar-refractivity contribution is 5.90. The summed E-state index contributed by atoms with van der Waals surface area (Å²) < 4.78 is 14.3. The zero-order valence-electron chi connectivity index (χ0n) is 13.7. The summed E-state index contributed by atoms with van der Waals surface area (Å²) in [5.74, 6) is 0.571. The molecular weight excluding hydrogens is 319 g/mol. The molecule has 0 saturated heterocycles. The van der Waals surface area contributed by atoms with Crippen LogP contribution in [0.3, 0.4) is 0 Å². The van der Waals surface area contributed by atoms with Crippen LogP contribution in [0.25, 0.3) is 22.6 Å². The van der Waals surface area contributed by atoms with E-state index in [2.05, 4.69) is 30.2 Å². The molecule has 7 heteroatoms. The van der Waals surface area contributed by atoms with Gasteiger partial charge >= 0.3 is 0 Å². The summed E-state index contributed by atoms with van der Waals surface area (Å²) in [4.78, 5) is 20.6. The molecule has 0 aromatic carbocycles. The maximum atomic E-state index is 14.3. The van der Waals surface area contributed by atoms with E-state index in [9.17, 15) is 4.39 Å². The fraction of sp³-hybridized carbons (Fsp3) is 0.111. The molecule has 25 heavy (non-hydrogen) atoms. The summed E-state index contributed by atoms with van der Waals surface area (Å²) in [5.41, 5.74) is 2.83. The fourth-order valence-corrected chi connectivity index (χ4v) is 2.59. The van der Waals surface area contributed by atoms with Crippen LogP contribution >= 0.6 is 0 Å². The van der Waals surface area contributed by atoms with Crippen LogP contribution in [0.15, 0.2) is 42.7 Å². The van der Waals surface area contributed by atoms with Gasteiger partial charge in [-0.1, -0.05) is 6.07 Å². The van der Waals surface area contributed by atoms with Gasteiger partial charge in [-0.2, -0.15) is 0 Å². The van der Waals surface area contributed by atoms with E-state index in [1.165, 1.54) is 0 Å². The number of hydrogen-bond acceptors (Lipinski definition) is 5. The van der Waals surface area contributed by atoms with E-state index < -0.39 is 5.82 Å². The van der Waals surface area contributed by atoms with Gasteiger partial charge in [-0.05, 0) is 38.1 Å². The van der Waals surface area contributed by atoms with Gasteiger partial charge in [-0.25, -0.2) is 19.3 Å². The lowest BCUT2D eigenvalue weighted by molar-refractivity contribution is 0.614. The second-order valence-electron chi connectivity index (χ2n) is 5.68. The number of H-pyrrole nitrogens is 1. The molecule has 6 nitrogen and oxygen atoms in total. The molecular formula is C18H15FN6. The number of halogens is 1. The lowest BCUT2D eigenvalue weighted by atomic mass is 10.2. The minimum atomic E-state index is -0.403. The van der Waals surface area contributed by atoms with E-state index >= 15 is 0 Å². The average molecular weight is 334 g/mol. The lowest BCUT2D eigenvalue weighted by Crippen LogP contribution is -2.02. The molecule has 0 spiro atoms. The van der Waals surface area contributed by atoms with Gasteiger partial charge < -0.3 is 10.3 Å². The first-order valence-corrected chi connectivity index (χ1v) is 7.79. The second-order valence-corrected chi connectivity index (χ2v) is 5.68. The van der Waals surface area contributed by atoms with Crippen molar-refractivity contribution in [3.8, 4) is 11.5 Å². The van der Waals surface area contributed by atoms with Gasteiger partial charge in [0.1, 0.15) is 17.2 Å². The SMILES string of the molecule is Cc1cccc(-c2nc(Nc3ccnc(C)c3F)c3cc[nH]c3n2)n1. The van der Waals surface area contributed by atoms with Crippen molar-refractivity contribution in [2.75, 3.05) is 5.32 Å². The topological polar surface area (TPSA) is 79.4 Å². The van der Waals surface area contributed by atoms with Crippen LogP contribution in [-0.2, 0) is 0 Å². The Balaban J connectivity index is 1.85. The van der Waals surface area contributed by atoms with E-state index in [0.717, 1.165) is 11.1 Å². The quantitative estimate of drug-likeness (QED) is 0.594. The molecule has 0 aliphatic carbocycles. The number of hydrogen-bond donors (Lipinski definition) is 2. The Kier molecular flexibility index (Phi) is 3.61. The van der Waals surface area contributed by atoms with Crippen LogP contribution < -0.4 is 5.32 Å². The molecule has 2 N–H and O–H groups in total. The first-order chi connectivity index (χ1) is 12.1. The van der Waals surface area contributed by atoms with Crippen molar-refractivity contribution >= 4 is 22.5 Å². The number of aromatic nitrogens is 5. The molecule has 124 valence electrons. The Morgan fingerprint density at radius 2 is 1.92 bits per heavy atom. The summed E-state index contributed by atoms with van der Waals surface area (Å²) in [6.07, 6.45) is 3.32. The number of nitrogens with one attached hydrogen (secondary N) is 2. The smallest absolute Gasteiger partial charge is 0.182 e. The van der Waals surface area contributed by atoms with Crippen LogP contribution in [0, 0.1) is 19.7 Å². The maximum absolute atomic E-state index is 14.3. The van der Waals surface area contributed by atoms with Crippen LogP contribution in [0.5, 0.6) is 0 Å². The molecule has 4 heterocycles. The Hall–Kier alpha value is -3.35. The number of nitrogens with zero attached hydrogens (tertiary/aromatic N) is 4. The molecule has 0 aliphatic rings. The summed E-state index contributed by atoms with van der Waals surface area (Å²) >= 11 is 0. The number of aromatic amines is 1. The van der Waals surface area contributed by atoms with E-state index in [0.29, 0.717) is 34.4 Å². The predicted octanol–water partition coefficient (Wildman–Crippen LogP) is 3.91. The van der Waals surface area contributed by atoms with Crippen LogP contribution in [0.1, 0.15) is 11.4 Å². The van der Waals surface area contributed by atoms with Crippen LogP contribution in [0.2, 0.25) is 0 Å². The fourth-order valence-electron chi connectivity index (χ4n) is 2.59. The molecule has 4 rings (SSSR count). The molecule has 4 aromatic heterocycles. The van der Waals surface area contributed by atoms with Crippen molar-refractivity contribution in [2.45, 2.75) is 13.8 Å². The van der Waals surface area contributed by atoms with E-state index in [-0.39, 0.29) is 0 Å². The zero-order valence-corrected chi connectivity index (χ0v) is 13.7. The van der Waals surface area contributed by atoms with E-state index in [1.54, 1.807) is 25.4 Å². The molecule has 4 aromatic rings. The van der Waals surface area contributed by atoms with Crippen molar-refractivity contribution in [3.63, 3.8) is 0 Å². The largest absolute Gasteiger partial charge is 0.346 e. The van der Waals surface area contributed by atoms with E-state index in [4.69, 9.17) is 0 Å². The number of aryl methyl sites for hydroxylation is 2. The monoisotopic (exact) mass is 334 g/mol. The van der Waals surface area contributed by atoms with Crippen molar-refractivity contribution in [2.24, 2.45) is 0 Å². The number of rotatable bonds is 3. The van der Waals surface area contributed by atoms with Gasteiger partial charge in [0.25, 0.3) is 0 Å². The number of pyridine rings is 2. The standard InChI is InChI=1S/C18H15FN6/c1-10-4-3-5-14(22-10)18-24-16-12(6-8-21-16)17(25-18)23-13-7-9-20-11(2)15(13)19/h3-9H,1-2H3,(H2,20,21,23,24,25). The normalized spacial score (nSPS) is 11.0. The highest BCUT2D eigenvalue weighted by Gasteiger charge is 2.14. The lowest BCUT2D eigenvalue weighted by Gasteiger charge is -2.10. The third kappa shape index (κ3) is 2.80. The highest BCUT2D eigenvalue weighted by atomic mass is 19.1. The predicted molar refractivity (Wildman–Crippen MR) is 94.1 cm³/mol. The molecule has 0 amide bonds. The summed E-state index contributed by atoms with van der Waals surface area (Å²) in [6, 6.07) is 9.08. The van der Waals surface area contributed by atoms with Gasteiger partial charge in [-0.3, -0.25) is 4.98 Å². The van der Waals surface area contributed by atoms with Crippen molar-refractivity contribution in [3.05, 3.63) is 59.9 Å². The Morgan fingerprint density at radius 1 is 1.04 bits per heavy atom. The highest BCUT2D eigenvalue weighted by Crippen LogP contribution is 2.27. The van der Waals surface area contributed by atoms with Crippen molar-refractivity contribution < 1.29 is 4.39 Å². The summed E-state index contributed by atoms with van der Waals surface area (Å²) in [5, 5.41) is 3.82. The zero-order chi connectivity index (χ0) is 17.4. The average Bonchev–Trinajstić information content (AvgIpc) is 3.08. The minimum Gasteiger partial charge on any atom is -0.346 e. The molecule has 0 bridgehead atoms. The van der Waals surface area contributed by atoms with Crippen LogP contribution in [-0.4, -0.2) is 24.9 Å². The Morgan fingerprint density at radius 3 is 2.76 bits per heavy atom. The molecule has 0 atom stereocenters. The molecule has 0 unspecified atom stereocenters. The Labute approximate surface area is 143 Å². The second kappa shape index (κ2) is 5.94. The van der Waals surface area contributed by atoms with Crippen molar-refractivity contribution in [1.82, 2.24) is 24.9 Å². The van der Waals surface area contributed by atoms with Crippen molar-refractivity contribution in [1.29, 1.82) is 0 Å². The molecule has 0 saturated carbocycles. The van der Waals surface area contributed by atoms with E-state index in [1.807, 2.05) is 31.2 Å². The molecule has 0 radical (unpaired) electrons. The first kappa shape index (κ1) is 15.2. The summed E-state index contributed by atoms with van der Waals surface area (Å²) in [6.45, 7) is 3.53. The maximum Gasteiger partial charge on any atom is 0.182 e. The third-order valence-electron chi connectivity index (χ3n) is 3.85. The summed E-state index contributed by atoms with van der Waals surface area (Å²) in [7, 11) is 0. The Bertz CT molecular complexity index is 1070. The molecule has 0 fully saturated rings. The van der Waals surface area contributed by atoms with Gasteiger partial charge in [0.15, 0.2) is 11.6 Å². The van der Waals surface area contributed by atoms with Gasteiger partial charge in [0, 0.05) is 18.1 Å². The van der Waals surface area contributed by atoms with Gasteiger partial charge in [0.2, 0.25) is 0 Å².